The lowest BCUT2D eigenvalue weighted by molar-refractivity contribution is 0.669. The Bertz CT molecular complexity index is 8130. The van der Waals surface area contributed by atoms with E-state index in [-0.39, 0.29) is 14.9 Å². The van der Waals surface area contributed by atoms with E-state index in [1.165, 1.54) is 155 Å². The Balaban J connectivity index is 0.000000145. The van der Waals surface area contributed by atoms with Crippen molar-refractivity contribution in [1.82, 2.24) is 9.13 Å². The zero-order chi connectivity index (χ0) is 83.7. The standard InChI is InChI=1S/C61H40N2O.C61H40N2.2CH4/c1-4-16-43(17-5-1)61(44-18-6-2-7-19-44)55-25-13-10-22-49(55)50-35-33-47(39-56(50)61)62(48-34-36-53-52-24-12-15-27-59(52)64-60(53)40-48)46-31-28-41(29-32-46)42-30-37-58-54(38-42)51-23-11-14-26-57(51)63(58)45-20-8-3-9-21-45;1-3-15-41(16-4-1)42-27-32-46(33-28-42)62(47-34-29-43(30-35-47)44-31-38-60-54(39-44)53-22-10-14-26-59(53)63(60)45-17-5-2-6-18-45)48-36-37-52-51-21-9-13-25-57(51)61(58(52)40-48)55-23-11-7-19-49(55)50-20-8-12-24-56(50)61;;/h1-40H;1-40H;2*1H4. The van der Waals surface area contributed by atoms with Gasteiger partial charge in [-0.05, 0) is 251 Å². The minimum atomic E-state index is -0.523. The zero-order valence-electron chi connectivity index (χ0n) is 69.4. The maximum Gasteiger partial charge on any atom is 0.137 e. The van der Waals surface area contributed by atoms with Gasteiger partial charge in [0, 0.05) is 83.9 Å². The van der Waals surface area contributed by atoms with Crippen LogP contribution in [-0.2, 0) is 10.8 Å². The van der Waals surface area contributed by atoms with E-state index in [9.17, 15) is 0 Å². The number of aromatic nitrogens is 2. The van der Waals surface area contributed by atoms with Gasteiger partial charge in [0.05, 0.1) is 32.9 Å². The Kier molecular flexibility index (Phi) is 18.7. The second kappa shape index (κ2) is 31.3. The van der Waals surface area contributed by atoms with Crippen LogP contribution < -0.4 is 9.80 Å². The molecule has 0 fully saturated rings. The van der Waals surface area contributed by atoms with Gasteiger partial charge >= 0.3 is 0 Å². The fourth-order valence-electron chi connectivity index (χ4n) is 21.6. The average molecular weight is 1650 g/mol. The van der Waals surface area contributed by atoms with Crippen LogP contribution in [0.15, 0.2) is 490 Å². The molecule has 0 aliphatic heterocycles. The summed E-state index contributed by atoms with van der Waals surface area (Å²) in [7, 11) is 0. The number of nitrogens with zero attached hydrogens (tertiary/aromatic N) is 4. The molecular formula is C124H88N4O. The van der Waals surface area contributed by atoms with E-state index in [1.54, 1.807) is 0 Å². The molecule has 5 heteroatoms. The lowest BCUT2D eigenvalue weighted by Crippen LogP contribution is -2.28. The summed E-state index contributed by atoms with van der Waals surface area (Å²) < 4.78 is 11.3. The highest BCUT2D eigenvalue weighted by molar-refractivity contribution is 6.13. The Hall–Kier alpha value is -16.6. The van der Waals surface area contributed by atoms with Crippen molar-refractivity contribution < 1.29 is 4.42 Å². The fraction of sp³-hybridized carbons (Fsp3) is 0.0323. The van der Waals surface area contributed by atoms with Gasteiger partial charge in [0.15, 0.2) is 0 Å². The first kappa shape index (κ1) is 77.2. The molecule has 3 aliphatic carbocycles. The van der Waals surface area contributed by atoms with Crippen LogP contribution in [-0.4, -0.2) is 9.13 Å². The number of rotatable bonds is 13. The van der Waals surface area contributed by atoms with Crippen LogP contribution in [0.1, 0.15) is 59.4 Å². The number of furan rings is 1. The second-order valence-corrected chi connectivity index (χ2v) is 33.7. The van der Waals surface area contributed by atoms with Crippen molar-refractivity contribution in [3.05, 3.63) is 530 Å². The summed E-state index contributed by atoms with van der Waals surface area (Å²) in [5, 5.41) is 7.21. The zero-order valence-corrected chi connectivity index (χ0v) is 69.4. The Morgan fingerprint density at radius 3 is 0.922 bits per heavy atom. The van der Waals surface area contributed by atoms with E-state index in [4.69, 9.17) is 4.42 Å². The summed E-state index contributed by atoms with van der Waals surface area (Å²) in [6.07, 6.45) is 0. The van der Waals surface area contributed by atoms with Gasteiger partial charge in [-0.15, -0.1) is 0 Å². The first-order valence-corrected chi connectivity index (χ1v) is 43.8. The molecule has 3 aromatic heterocycles. The van der Waals surface area contributed by atoms with Gasteiger partial charge in [-0.2, -0.15) is 0 Å². The van der Waals surface area contributed by atoms with Crippen LogP contribution in [0.4, 0.5) is 34.1 Å². The summed E-state index contributed by atoms with van der Waals surface area (Å²) in [6, 6.07) is 178. The molecule has 3 heterocycles. The van der Waals surface area contributed by atoms with Gasteiger partial charge in [0.1, 0.15) is 11.2 Å². The Morgan fingerprint density at radius 1 is 0.178 bits per heavy atom. The van der Waals surface area contributed by atoms with Gasteiger partial charge in [-0.25, -0.2) is 0 Å². The van der Waals surface area contributed by atoms with Gasteiger partial charge in [-0.3, -0.25) is 0 Å². The van der Waals surface area contributed by atoms with Crippen molar-refractivity contribution in [2.75, 3.05) is 9.80 Å². The van der Waals surface area contributed by atoms with Crippen LogP contribution in [0.3, 0.4) is 0 Å². The molecule has 0 unspecified atom stereocenters. The molecule has 23 aromatic rings. The van der Waals surface area contributed by atoms with E-state index in [2.05, 4.69) is 492 Å². The molecule has 610 valence electrons. The highest BCUT2D eigenvalue weighted by Crippen LogP contribution is 2.64. The largest absolute Gasteiger partial charge is 0.456 e. The molecule has 3 aliphatic rings. The molecule has 5 nitrogen and oxygen atoms in total. The Labute approximate surface area is 751 Å². The topological polar surface area (TPSA) is 29.5 Å². The monoisotopic (exact) mass is 1650 g/mol. The van der Waals surface area contributed by atoms with Crippen LogP contribution in [0.2, 0.25) is 0 Å². The van der Waals surface area contributed by atoms with Crippen molar-refractivity contribution in [2.24, 2.45) is 0 Å². The van der Waals surface area contributed by atoms with Crippen LogP contribution in [0.5, 0.6) is 0 Å². The smallest absolute Gasteiger partial charge is 0.137 e. The molecule has 0 amide bonds. The van der Waals surface area contributed by atoms with E-state index in [1.807, 2.05) is 12.1 Å². The SMILES string of the molecule is C.C.c1ccc(-c2ccc(N(c3ccc(-c4ccc5c(c4)c4ccccc4n5-c4ccccc4)cc3)c3ccc4c(c3)C3(c5ccccc5-c5ccccc53)c3ccccc3-4)cc2)cc1.c1ccc(-n2c3ccccc3c3cc(-c4ccc(N(c5ccc6c(c5)C(c5ccccc5)(c5ccccc5)c5ccccc5-6)c5ccc6c(c5)oc5ccccc56)cc4)ccc32)cc1. The third-order valence-corrected chi connectivity index (χ3v) is 27.1. The number of benzene rings is 20. The van der Waals surface area contributed by atoms with Crippen molar-refractivity contribution in [1.29, 1.82) is 0 Å². The molecule has 0 atom stereocenters. The number of hydrogen-bond donors (Lipinski definition) is 0. The number of anilines is 6. The molecule has 0 radical (unpaired) electrons. The van der Waals surface area contributed by atoms with Crippen LogP contribution >= 0.6 is 0 Å². The third-order valence-electron chi connectivity index (χ3n) is 27.1. The normalized spacial score (nSPS) is 12.7. The fourth-order valence-corrected chi connectivity index (χ4v) is 21.6. The van der Waals surface area contributed by atoms with E-state index >= 15 is 0 Å². The molecule has 0 N–H and O–H groups in total. The number of hydrogen-bond acceptors (Lipinski definition) is 3. The quantitative estimate of drug-likeness (QED) is 0.115. The summed E-state index contributed by atoms with van der Waals surface area (Å²) in [5.41, 5.74) is 39.7. The molecule has 0 saturated heterocycles. The average Bonchev–Trinajstić information content (AvgIpc) is 1.50. The van der Waals surface area contributed by atoms with E-state index in [0.717, 1.165) is 67.3 Å². The lowest BCUT2D eigenvalue weighted by atomic mass is 9.67. The predicted molar refractivity (Wildman–Crippen MR) is 542 cm³/mol. The first-order valence-electron chi connectivity index (χ1n) is 43.8. The molecule has 0 bridgehead atoms. The van der Waals surface area contributed by atoms with Gasteiger partial charge in [0.25, 0.3) is 0 Å². The van der Waals surface area contributed by atoms with Crippen molar-refractivity contribution in [3.63, 3.8) is 0 Å². The minimum absolute atomic E-state index is 0. The van der Waals surface area contributed by atoms with Crippen LogP contribution in [0.25, 0.3) is 144 Å². The van der Waals surface area contributed by atoms with E-state index < -0.39 is 10.8 Å². The maximum atomic E-state index is 6.52. The summed E-state index contributed by atoms with van der Waals surface area (Å²) >= 11 is 0. The van der Waals surface area contributed by atoms with Crippen LogP contribution in [0, 0.1) is 0 Å². The van der Waals surface area contributed by atoms with E-state index in [0.29, 0.717) is 0 Å². The highest BCUT2D eigenvalue weighted by Gasteiger charge is 2.52. The van der Waals surface area contributed by atoms with Gasteiger partial charge in [-0.1, -0.05) is 355 Å². The minimum Gasteiger partial charge on any atom is -0.456 e. The summed E-state index contributed by atoms with van der Waals surface area (Å²) in [6.45, 7) is 0. The Morgan fingerprint density at radius 2 is 0.473 bits per heavy atom. The molecular weight excluding hydrogens is 1560 g/mol. The van der Waals surface area contributed by atoms with Crippen molar-refractivity contribution in [2.45, 2.75) is 25.7 Å². The maximum absolute atomic E-state index is 6.52. The molecule has 26 rings (SSSR count). The first-order chi connectivity index (χ1) is 63.0. The van der Waals surface area contributed by atoms with Crippen molar-refractivity contribution >= 4 is 99.7 Å². The molecule has 0 saturated carbocycles. The van der Waals surface area contributed by atoms with Gasteiger partial charge in [0.2, 0.25) is 0 Å². The summed E-state index contributed by atoms with van der Waals surface area (Å²) in [4.78, 5) is 4.82. The molecule has 129 heavy (non-hydrogen) atoms. The number of fused-ring (bicyclic) bond motifs is 22. The lowest BCUT2D eigenvalue weighted by Gasteiger charge is -2.35. The predicted octanol–water partition coefficient (Wildman–Crippen LogP) is 33.4. The number of para-hydroxylation sites is 5. The molecule has 20 aromatic carbocycles. The highest BCUT2D eigenvalue weighted by atomic mass is 16.3. The summed E-state index contributed by atoms with van der Waals surface area (Å²) in [5.74, 6) is 0. The van der Waals surface area contributed by atoms with Crippen molar-refractivity contribution in [3.8, 4) is 78.1 Å². The third kappa shape index (κ3) is 12.1. The molecule has 1 spiro atoms. The second-order valence-electron chi connectivity index (χ2n) is 33.7. The van der Waals surface area contributed by atoms with Gasteiger partial charge < -0.3 is 23.4 Å².